The molecular weight excluding hydrogens is 296 g/mol. The normalized spacial score (nSPS) is 11.4. The summed E-state index contributed by atoms with van der Waals surface area (Å²) in [5, 5.41) is 0. The van der Waals surface area contributed by atoms with Crippen LogP contribution in [0.1, 0.15) is 20.8 Å². The van der Waals surface area contributed by atoms with E-state index in [2.05, 4.69) is 0 Å². The molecule has 78 valence electrons. The second-order valence-electron chi connectivity index (χ2n) is 3.26. The van der Waals surface area contributed by atoms with Crippen LogP contribution < -0.4 is 3.81 Å². The molecule has 0 bridgehead atoms. The standard InChI is InChI=1S/C10H14O3Te/c1-4-12-9(11)10(2,3)14-8-6-5-7-13-8/h5-7H,4H2,1-3H3. The van der Waals surface area contributed by atoms with E-state index in [4.69, 9.17) is 9.15 Å². The first kappa shape index (κ1) is 11.6. The number of carbonyl (C=O) groups is 1. The Bertz CT molecular complexity index is 290. The van der Waals surface area contributed by atoms with Crippen molar-refractivity contribution in [2.75, 3.05) is 6.61 Å². The van der Waals surface area contributed by atoms with Gasteiger partial charge in [0.1, 0.15) is 0 Å². The number of ether oxygens (including phenoxy) is 1. The summed E-state index contributed by atoms with van der Waals surface area (Å²) in [5.41, 5.74) is 0. The number of furan rings is 1. The average Bonchev–Trinajstić information content (AvgIpc) is 2.56. The number of esters is 1. The molecule has 0 aromatic carbocycles. The van der Waals surface area contributed by atoms with Gasteiger partial charge in [-0.15, -0.1) is 0 Å². The van der Waals surface area contributed by atoms with Crippen LogP contribution in [0, 0.1) is 0 Å². The third-order valence-corrected chi connectivity index (χ3v) is 4.79. The first-order valence-corrected chi connectivity index (χ1v) is 6.79. The maximum atomic E-state index is 11.6. The van der Waals surface area contributed by atoms with Crippen molar-refractivity contribution in [2.45, 2.75) is 24.2 Å². The number of rotatable bonds is 4. The van der Waals surface area contributed by atoms with Gasteiger partial charge in [0.25, 0.3) is 0 Å². The molecule has 4 heteroatoms. The molecular formula is C10H14O3Te. The summed E-state index contributed by atoms with van der Waals surface area (Å²) >= 11 is -0.666. The molecule has 1 rings (SSSR count). The van der Waals surface area contributed by atoms with Crippen molar-refractivity contribution in [3.63, 3.8) is 0 Å². The molecule has 0 saturated heterocycles. The van der Waals surface area contributed by atoms with Gasteiger partial charge < -0.3 is 0 Å². The van der Waals surface area contributed by atoms with E-state index in [9.17, 15) is 4.79 Å². The second kappa shape index (κ2) is 4.86. The Morgan fingerprint density at radius 1 is 1.64 bits per heavy atom. The maximum absolute atomic E-state index is 11.6. The molecule has 0 atom stereocenters. The molecule has 0 fully saturated rings. The summed E-state index contributed by atoms with van der Waals surface area (Å²) in [6.07, 6.45) is 1.64. The molecule has 3 nitrogen and oxygen atoms in total. The van der Waals surface area contributed by atoms with Gasteiger partial charge in [-0.3, -0.25) is 0 Å². The zero-order chi connectivity index (χ0) is 10.6. The minimum atomic E-state index is -0.666. The topological polar surface area (TPSA) is 39.4 Å². The molecule has 14 heavy (non-hydrogen) atoms. The van der Waals surface area contributed by atoms with Crippen molar-refractivity contribution >= 4 is 30.7 Å². The Hall–Kier alpha value is -0.460. The number of hydrogen-bond acceptors (Lipinski definition) is 3. The summed E-state index contributed by atoms with van der Waals surface area (Å²) in [6, 6.07) is 3.77. The van der Waals surface area contributed by atoms with E-state index in [0.29, 0.717) is 6.61 Å². The van der Waals surface area contributed by atoms with E-state index in [0.717, 1.165) is 3.81 Å². The molecule has 1 aromatic rings. The van der Waals surface area contributed by atoms with Crippen molar-refractivity contribution < 1.29 is 13.9 Å². The zero-order valence-corrected chi connectivity index (χ0v) is 10.9. The Labute approximate surface area is 93.9 Å². The quantitative estimate of drug-likeness (QED) is 0.623. The molecule has 0 aliphatic heterocycles. The predicted molar refractivity (Wildman–Crippen MR) is 54.8 cm³/mol. The fourth-order valence-electron chi connectivity index (χ4n) is 0.920. The molecule has 0 aliphatic rings. The van der Waals surface area contributed by atoms with Gasteiger partial charge in [0, 0.05) is 0 Å². The fourth-order valence-corrected chi connectivity index (χ4v) is 3.48. The minimum absolute atomic E-state index is 0.126. The first-order valence-electron chi connectivity index (χ1n) is 4.46. The van der Waals surface area contributed by atoms with Crippen LogP contribution >= 0.6 is 0 Å². The van der Waals surface area contributed by atoms with E-state index in [1.807, 2.05) is 32.9 Å². The molecule has 1 aromatic heterocycles. The van der Waals surface area contributed by atoms with E-state index in [1.165, 1.54) is 0 Å². The number of hydrogen-bond donors (Lipinski definition) is 0. The molecule has 0 radical (unpaired) electrons. The summed E-state index contributed by atoms with van der Waals surface area (Å²) in [5.74, 6) is -0.126. The van der Waals surface area contributed by atoms with Gasteiger partial charge >= 0.3 is 93.9 Å². The fraction of sp³-hybridized carbons (Fsp3) is 0.500. The van der Waals surface area contributed by atoms with Crippen LogP contribution in [0.15, 0.2) is 22.8 Å². The molecule has 0 unspecified atom stereocenters. The molecule has 1 heterocycles. The van der Waals surface area contributed by atoms with Gasteiger partial charge in [-0.2, -0.15) is 0 Å². The third-order valence-electron chi connectivity index (χ3n) is 1.62. The third kappa shape index (κ3) is 3.04. The van der Waals surface area contributed by atoms with E-state index in [-0.39, 0.29) is 9.43 Å². The summed E-state index contributed by atoms with van der Waals surface area (Å²) < 4.78 is 10.8. The van der Waals surface area contributed by atoms with Crippen LogP contribution in [0.25, 0.3) is 0 Å². The van der Waals surface area contributed by atoms with Crippen LogP contribution in [-0.4, -0.2) is 33.5 Å². The van der Waals surface area contributed by atoms with Crippen molar-refractivity contribution in [1.29, 1.82) is 0 Å². The van der Waals surface area contributed by atoms with Gasteiger partial charge in [0.2, 0.25) is 0 Å². The van der Waals surface area contributed by atoms with Crippen LogP contribution in [-0.2, 0) is 9.53 Å². The van der Waals surface area contributed by atoms with Crippen LogP contribution in [0.5, 0.6) is 0 Å². The van der Waals surface area contributed by atoms with E-state index >= 15 is 0 Å². The summed E-state index contributed by atoms with van der Waals surface area (Å²) in [6.45, 7) is 6.08. The summed E-state index contributed by atoms with van der Waals surface area (Å²) in [7, 11) is 0. The zero-order valence-electron chi connectivity index (χ0n) is 8.57. The van der Waals surface area contributed by atoms with Crippen molar-refractivity contribution in [3.05, 3.63) is 18.4 Å². The molecule has 0 saturated carbocycles. The van der Waals surface area contributed by atoms with E-state index in [1.54, 1.807) is 6.26 Å². The Morgan fingerprint density at radius 3 is 2.86 bits per heavy atom. The van der Waals surface area contributed by atoms with Gasteiger partial charge in [0.05, 0.1) is 0 Å². The van der Waals surface area contributed by atoms with Crippen molar-refractivity contribution in [1.82, 2.24) is 0 Å². The van der Waals surface area contributed by atoms with Gasteiger partial charge in [0.15, 0.2) is 0 Å². The van der Waals surface area contributed by atoms with Gasteiger partial charge in [-0.1, -0.05) is 0 Å². The average molecular weight is 310 g/mol. The second-order valence-corrected chi connectivity index (χ2v) is 7.91. The van der Waals surface area contributed by atoms with Gasteiger partial charge in [-0.25, -0.2) is 0 Å². The van der Waals surface area contributed by atoms with Crippen LogP contribution in [0.2, 0.25) is 3.46 Å². The Balaban J connectivity index is 2.61. The van der Waals surface area contributed by atoms with Gasteiger partial charge in [-0.05, 0) is 0 Å². The molecule has 0 aliphatic carbocycles. The van der Waals surface area contributed by atoms with Crippen LogP contribution in [0.3, 0.4) is 0 Å². The Morgan fingerprint density at radius 2 is 2.36 bits per heavy atom. The molecule has 0 amide bonds. The summed E-state index contributed by atoms with van der Waals surface area (Å²) in [4.78, 5) is 11.6. The molecule has 0 spiro atoms. The first-order chi connectivity index (χ1) is 6.56. The predicted octanol–water partition coefficient (Wildman–Crippen LogP) is 1.37. The van der Waals surface area contributed by atoms with E-state index < -0.39 is 20.9 Å². The monoisotopic (exact) mass is 312 g/mol. The Kier molecular flexibility index (Phi) is 4.03. The number of carbonyl (C=O) groups excluding carboxylic acids is 1. The SMILES string of the molecule is CCOC(=O)C(C)(C)[Te]c1ccco1. The van der Waals surface area contributed by atoms with Crippen LogP contribution in [0.4, 0.5) is 0 Å². The van der Waals surface area contributed by atoms with Crippen molar-refractivity contribution in [3.8, 4) is 0 Å². The van der Waals surface area contributed by atoms with Crippen molar-refractivity contribution in [2.24, 2.45) is 0 Å². The molecule has 0 N–H and O–H groups in total.